The summed E-state index contributed by atoms with van der Waals surface area (Å²) in [5, 5.41) is 32.1. The van der Waals surface area contributed by atoms with Crippen molar-refractivity contribution in [2.24, 2.45) is 0 Å². The molecular weight excluding hydrogens is 917 g/mol. The summed E-state index contributed by atoms with van der Waals surface area (Å²) in [6.07, 6.45) is 0. The molecule has 0 saturated heterocycles. The molecule has 0 N–H and O–H groups in total. The van der Waals surface area contributed by atoms with Crippen LogP contribution < -0.4 is 9.80 Å². The fourth-order valence-corrected chi connectivity index (χ4v) is 9.88. The SMILES string of the molecule is N#Cc1ccc(N(c2ccccc2)c2ccc3c(c2)c2cc(N(c4ccccc4)c4ccc(C#N)cc4)ccc2n3-c2ccc(-c3ccc(-c4cc(-c5ccccc5)nc(-c5ccccc5)n4)c(C#N)c3)cc2)cc1. The third kappa shape index (κ3) is 8.76. The lowest BCUT2D eigenvalue weighted by Gasteiger charge is -2.26. The summed E-state index contributed by atoms with van der Waals surface area (Å²) < 4.78 is 2.30. The van der Waals surface area contributed by atoms with Crippen LogP contribution in [0.3, 0.4) is 0 Å². The Hall–Kier alpha value is -10.9. The van der Waals surface area contributed by atoms with Gasteiger partial charge in [0.1, 0.15) is 0 Å². The van der Waals surface area contributed by atoms with Crippen molar-refractivity contribution in [3.8, 4) is 68.9 Å². The van der Waals surface area contributed by atoms with Gasteiger partial charge in [0.15, 0.2) is 5.82 Å². The fraction of sp³-hybridized carbons (Fsp3) is 0. The maximum absolute atomic E-state index is 10.7. The molecule has 0 unspecified atom stereocenters. The highest BCUT2D eigenvalue weighted by atomic mass is 15.1. The number of nitriles is 3. The molecule has 0 aliphatic heterocycles. The summed E-state index contributed by atoms with van der Waals surface area (Å²) in [6.45, 7) is 0. The number of hydrogen-bond acceptors (Lipinski definition) is 7. The highest BCUT2D eigenvalue weighted by molar-refractivity contribution is 6.12. The number of benzene rings is 10. The minimum Gasteiger partial charge on any atom is -0.310 e. The van der Waals surface area contributed by atoms with Gasteiger partial charge in [-0.2, -0.15) is 15.8 Å². The molecule has 12 rings (SSSR count). The third-order valence-electron chi connectivity index (χ3n) is 13.5. The highest BCUT2D eigenvalue weighted by Gasteiger charge is 2.21. The average Bonchev–Trinajstić information content (AvgIpc) is 3.83. The Kier molecular flexibility index (Phi) is 11.9. The summed E-state index contributed by atoms with van der Waals surface area (Å²) in [5.41, 5.74) is 16.3. The fourth-order valence-electron chi connectivity index (χ4n) is 9.88. The van der Waals surface area contributed by atoms with Crippen molar-refractivity contribution in [3.63, 3.8) is 0 Å². The largest absolute Gasteiger partial charge is 0.310 e. The molecule has 0 atom stereocenters. The van der Waals surface area contributed by atoms with Crippen LogP contribution in [0.4, 0.5) is 34.1 Å². The first-order valence-corrected chi connectivity index (χ1v) is 24.5. The zero-order valence-electron chi connectivity index (χ0n) is 40.3. The van der Waals surface area contributed by atoms with Crippen LogP contribution in [-0.2, 0) is 0 Å². The molecule has 0 aliphatic carbocycles. The normalized spacial score (nSPS) is 10.9. The summed E-state index contributed by atoms with van der Waals surface area (Å²) in [7, 11) is 0. The Labute approximate surface area is 434 Å². The van der Waals surface area contributed by atoms with Crippen molar-refractivity contribution >= 4 is 55.9 Å². The van der Waals surface area contributed by atoms with Gasteiger partial charge in [0, 0.05) is 67.3 Å². The third-order valence-corrected chi connectivity index (χ3v) is 13.5. The summed E-state index contributed by atoms with van der Waals surface area (Å²) >= 11 is 0. The van der Waals surface area contributed by atoms with E-state index in [-0.39, 0.29) is 0 Å². The van der Waals surface area contributed by atoms with Gasteiger partial charge in [-0.25, -0.2) is 9.97 Å². The highest BCUT2D eigenvalue weighted by Crippen LogP contribution is 2.43. The molecule has 10 aromatic carbocycles. The standard InChI is InChI=1S/C67H42N8/c68-43-46-21-28-55(29-22-46)73(53-17-9-3-10-18-53)58-34-37-65-61(40-58)62-41-59(74(54-19-11-4-12-20-54)56-30-23-47(44-69)24-31-56)35-38-66(62)75(65)57-32-25-48(26-33-57)51-27-36-60(52(39-51)45-70)64-42-63(49-13-5-1-6-14-49)71-67(72-64)50-15-7-2-8-16-50/h1-42H. The minimum absolute atomic E-state index is 0.512. The Bertz CT molecular complexity index is 3960. The molecule has 2 heterocycles. The molecule has 0 amide bonds. The number of rotatable bonds is 11. The van der Waals surface area contributed by atoms with E-state index in [9.17, 15) is 15.8 Å². The quantitative estimate of drug-likeness (QED) is 0.127. The van der Waals surface area contributed by atoms with E-state index in [1.54, 1.807) is 0 Å². The number of aromatic nitrogens is 3. The van der Waals surface area contributed by atoms with Crippen molar-refractivity contribution < 1.29 is 0 Å². The van der Waals surface area contributed by atoms with Crippen LogP contribution >= 0.6 is 0 Å². The molecule has 0 spiro atoms. The Balaban J connectivity index is 0.981. The molecule has 2 aromatic heterocycles. The molecule has 0 bridgehead atoms. The van der Waals surface area contributed by atoms with Gasteiger partial charge < -0.3 is 14.4 Å². The predicted molar refractivity (Wildman–Crippen MR) is 302 cm³/mol. The van der Waals surface area contributed by atoms with Gasteiger partial charge in [0.25, 0.3) is 0 Å². The van der Waals surface area contributed by atoms with Gasteiger partial charge in [-0.1, -0.05) is 121 Å². The van der Waals surface area contributed by atoms with Gasteiger partial charge >= 0.3 is 0 Å². The van der Waals surface area contributed by atoms with Crippen LogP contribution in [-0.4, -0.2) is 14.5 Å². The van der Waals surface area contributed by atoms with Gasteiger partial charge in [-0.05, 0) is 145 Å². The monoisotopic (exact) mass is 958 g/mol. The van der Waals surface area contributed by atoms with E-state index < -0.39 is 0 Å². The van der Waals surface area contributed by atoms with Crippen molar-refractivity contribution in [2.45, 2.75) is 0 Å². The molecule has 350 valence electrons. The topological polar surface area (TPSA) is 109 Å². The lowest BCUT2D eigenvalue weighted by atomic mass is 9.97. The van der Waals surface area contributed by atoms with Crippen molar-refractivity contribution in [2.75, 3.05) is 9.80 Å². The summed E-state index contributed by atoms with van der Waals surface area (Å²) in [5.74, 6) is 0.590. The predicted octanol–water partition coefficient (Wildman–Crippen LogP) is 16.8. The van der Waals surface area contributed by atoms with Gasteiger partial charge in [-0.3, -0.25) is 0 Å². The van der Waals surface area contributed by atoms with E-state index in [1.807, 2.05) is 164 Å². The van der Waals surface area contributed by atoms with Gasteiger partial charge in [0.2, 0.25) is 0 Å². The smallest absolute Gasteiger partial charge is 0.160 e. The van der Waals surface area contributed by atoms with Crippen LogP contribution in [0.5, 0.6) is 0 Å². The van der Waals surface area contributed by atoms with Crippen molar-refractivity contribution in [1.29, 1.82) is 15.8 Å². The maximum Gasteiger partial charge on any atom is 0.160 e. The Morgan fingerprint density at radius 1 is 0.333 bits per heavy atom. The Morgan fingerprint density at radius 3 is 1.27 bits per heavy atom. The second-order valence-corrected chi connectivity index (χ2v) is 18.0. The molecule has 0 radical (unpaired) electrons. The zero-order valence-corrected chi connectivity index (χ0v) is 40.3. The maximum atomic E-state index is 10.7. The van der Waals surface area contributed by atoms with Crippen LogP contribution in [0, 0.1) is 34.0 Å². The second-order valence-electron chi connectivity index (χ2n) is 18.0. The zero-order chi connectivity index (χ0) is 50.7. The molecule has 0 aliphatic rings. The molecular formula is C67H42N8. The number of anilines is 6. The van der Waals surface area contributed by atoms with E-state index in [0.29, 0.717) is 28.2 Å². The first kappa shape index (κ1) is 45.3. The summed E-state index contributed by atoms with van der Waals surface area (Å²) in [6, 6.07) is 92.4. The minimum atomic E-state index is 0.512. The molecule has 8 nitrogen and oxygen atoms in total. The van der Waals surface area contributed by atoms with Crippen LogP contribution in [0.25, 0.3) is 72.5 Å². The summed E-state index contributed by atoms with van der Waals surface area (Å²) in [4.78, 5) is 14.4. The van der Waals surface area contributed by atoms with E-state index in [2.05, 4.69) is 124 Å². The van der Waals surface area contributed by atoms with Gasteiger partial charge in [0.05, 0.1) is 57.3 Å². The first-order chi connectivity index (χ1) is 37.0. The van der Waals surface area contributed by atoms with E-state index in [1.165, 1.54) is 0 Å². The van der Waals surface area contributed by atoms with Crippen LogP contribution in [0.15, 0.2) is 255 Å². The van der Waals surface area contributed by atoms with Crippen molar-refractivity contribution in [1.82, 2.24) is 14.5 Å². The van der Waals surface area contributed by atoms with E-state index >= 15 is 0 Å². The van der Waals surface area contributed by atoms with Crippen molar-refractivity contribution in [3.05, 3.63) is 271 Å². The van der Waals surface area contributed by atoms with Crippen LogP contribution in [0.1, 0.15) is 16.7 Å². The molecule has 75 heavy (non-hydrogen) atoms. The number of fused-ring (bicyclic) bond motifs is 3. The van der Waals surface area contributed by atoms with Crippen LogP contribution in [0.2, 0.25) is 0 Å². The average molecular weight is 959 g/mol. The van der Waals surface area contributed by atoms with Gasteiger partial charge in [-0.15, -0.1) is 0 Å². The molecule has 12 aromatic rings. The first-order valence-electron chi connectivity index (χ1n) is 24.5. The molecule has 0 saturated carbocycles. The number of para-hydroxylation sites is 2. The number of nitrogens with zero attached hydrogens (tertiary/aromatic N) is 8. The van der Waals surface area contributed by atoms with E-state index in [4.69, 9.17) is 9.97 Å². The molecule has 0 fully saturated rings. The van der Waals surface area contributed by atoms with E-state index in [0.717, 1.165) is 95.1 Å². The second kappa shape index (κ2) is 19.7. The lowest BCUT2D eigenvalue weighted by Crippen LogP contribution is -2.10. The Morgan fingerprint density at radius 2 is 0.773 bits per heavy atom. The lowest BCUT2D eigenvalue weighted by molar-refractivity contribution is 1.18. The number of hydrogen-bond donors (Lipinski definition) is 0. The molecule has 8 heteroatoms.